The van der Waals surface area contributed by atoms with Gasteiger partial charge in [0.2, 0.25) is 5.95 Å². The number of hydrogen-bond acceptors (Lipinski definition) is 6. The second kappa shape index (κ2) is 7.90. The van der Waals surface area contributed by atoms with E-state index in [1.54, 1.807) is 30.6 Å². The zero-order valence-corrected chi connectivity index (χ0v) is 14.9. The van der Waals surface area contributed by atoms with Crippen LogP contribution < -0.4 is 4.72 Å². The molecule has 1 atom stereocenters. The molecule has 1 aromatic heterocycles. The molecule has 8 heteroatoms. The van der Waals surface area contributed by atoms with Crippen molar-refractivity contribution in [3.8, 4) is 0 Å². The Morgan fingerprint density at radius 3 is 2.68 bits per heavy atom. The van der Waals surface area contributed by atoms with Gasteiger partial charge in [0, 0.05) is 44.2 Å². The first-order chi connectivity index (χ1) is 12.0. The van der Waals surface area contributed by atoms with Crippen LogP contribution in [0, 0.1) is 0 Å². The molecule has 1 saturated heterocycles. The molecule has 0 spiro atoms. The standard InChI is InChI=1S/C17H22N4O3S/c1-14-12-21(8-5-9-24-14)13-15-10-18-17(19-11-15)20-25(22,23)16-6-3-2-4-7-16/h2-4,6-7,10-11,14H,5,8-9,12-13H2,1H3,(H,18,19,20)/t14-/m0/s1. The highest BCUT2D eigenvalue weighted by Gasteiger charge is 2.17. The van der Waals surface area contributed by atoms with Gasteiger partial charge in [-0.25, -0.2) is 23.1 Å². The predicted molar refractivity (Wildman–Crippen MR) is 94.6 cm³/mol. The Morgan fingerprint density at radius 1 is 1.24 bits per heavy atom. The molecule has 0 radical (unpaired) electrons. The minimum Gasteiger partial charge on any atom is -0.377 e. The summed E-state index contributed by atoms with van der Waals surface area (Å²) >= 11 is 0. The fraction of sp³-hybridized carbons (Fsp3) is 0.412. The van der Waals surface area contributed by atoms with E-state index in [1.165, 1.54) is 12.1 Å². The smallest absolute Gasteiger partial charge is 0.264 e. The maximum absolute atomic E-state index is 12.3. The highest BCUT2D eigenvalue weighted by Crippen LogP contribution is 2.13. The average Bonchev–Trinajstić information content (AvgIpc) is 2.81. The Morgan fingerprint density at radius 2 is 1.96 bits per heavy atom. The summed E-state index contributed by atoms with van der Waals surface area (Å²) in [7, 11) is -3.67. The molecule has 0 unspecified atom stereocenters. The van der Waals surface area contributed by atoms with Gasteiger partial charge in [0.1, 0.15) is 0 Å². The quantitative estimate of drug-likeness (QED) is 0.874. The van der Waals surface area contributed by atoms with Crippen molar-refractivity contribution in [2.75, 3.05) is 24.4 Å². The van der Waals surface area contributed by atoms with Gasteiger partial charge in [-0.2, -0.15) is 0 Å². The number of hydrogen-bond donors (Lipinski definition) is 1. The summed E-state index contributed by atoms with van der Waals surface area (Å²) in [5, 5.41) is 0. The first-order valence-electron chi connectivity index (χ1n) is 8.26. The number of aromatic nitrogens is 2. The van der Waals surface area contributed by atoms with E-state index >= 15 is 0 Å². The Balaban J connectivity index is 1.64. The summed E-state index contributed by atoms with van der Waals surface area (Å²) < 4.78 is 32.6. The number of sulfonamides is 1. The first kappa shape index (κ1) is 17.8. The molecule has 1 fully saturated rings. The third-order valence-corrected chi connectivity index (χ3v) is 5.27. The monoisotopic (exact) mass is 362 g/mol. The second-order valence-electron chi connectivity index (χ2n) is 6.10. The van der Waals surface area contributed by atoms with Crippen LogP contribution in [0.1, 0.15) is 18.9 Å². The maximum Gasteiger partial charge on any atom is 0.264 e. The van der Waals surface area contributed by atoms with E-state index in [4.69, 9.17) is 4.74 Å². The van der Waals surface area contributed by atoms with Crippen LogP contribution in [0.4, 0.5) is 5.95 Å². The van der Waals surface area contributed by atoms with Crippen molar-refractivity contribution >= 4 is 16.0 Å². The minimum atomic E-state index is -3.67. The second-order valence-corrected chi connectivity index (χ2v) is 7.79. The van der Waals surface area contributed by atoms with E-state index in [2.05, 4.69) is 26.5 Å². The molecule has 2 aromatic rings. The van der Waals surface area contributed by atoms with Crippen LogP contribution in [0.2, 0.25) is 0 Å². The molecule has 3 rings (SSSR count). The van der Waals surface area contributed by atoms with E-state index in [0.717, 1.165) is 38.2 Å². The van der Waals surface area contributed by atoms with E-state index in [9.17, 15) is 8.42 Å². The number of benzene rings is 1. The van der Waals surface area contributed by atoms with Crippen molar-refractivity contribution in [2.45, 2.75) is 30.9 Å². The highest BCUT2D eigenvalue weighted by molar-refractivity contribution is 7.92. The number of anilines is 1. The Bertz CT molecular complexity index is 781. The number of rotatable bonds is 5. The van der Waals surface area contributed by atoms with Crippen molar-refractivity contribution < 1.29 is 13.2 Å². The normalized spacial score (nSPS) is 19.3. The fourth-order valence-corrected chi connectivity index (χ4v) is 3.73. The summed E-state index contributed by atoms with van der Waals surface area (Å²) in [6.07, 6.45) is 4.53. The van der Waals surface area contributed by atoms with Gasteiger partial charge >= 0.3 is 0 Å². The Kier molecular flexibility index (Phi) is 5.62. The molecule has 2 heterocycles. The van der Waals surface area contributed by atoms with Gasteiger partial charge in [0.15, 0.2) is 0 Å². The van der Waals surface area contributed by atoms with Crippen LogP contribution in [0.5, 0.6) is 0 Å². The summed E-state index contributed by atoms with van der Waals surface area (Å²) in [6, 6.07) is 8.16. The molecule has 134 valence electrons. The van der Waals surface area contributed by atoms with Crippen LogP contribution in [0.15, 0.2) is 47.6 Å². The summed E-state index contributed by atoms with van der Waals surface area (Å²) in [6.45, 7) is 5.40. The zero-order valence-electron chi connectivity index (χ0n) is 14.1. The molecule has 1 N–H and O–H groups in total. The molecular formula is C17H22N4O3S. The number of nitrogens with one attached hydrogen (secondary N) is 1. The maximum atomic E-state index is 12.3. The van der Waals surface area contributed by atoms with Gasteiger partial charge in [-0.05, 0) is 25.5 Å². The van der Waals surface area contributed by atoms with Gasteiger partial charge in [-0.3, -0.25) is 4.90 Å². The SMILES string of the molecule is C[C@H]1CN(Cc2cnc(NS(=O)(=O)c3ccccc3)nc2)CCCO1. The van der Waals surface area contributed by atoms with E-state index in [0.29, 0.717) is 0 Å². The average molecular weight is 362 g/mol. The first-order valence-corrected chi connectivity index (χ1v) is 9.74. The Labute approximate surface area is 148 Å². The lowest BCUT2D eigenvalue weighted by atomic mass is 10.2. The molecule has 7 nitrogen and oxygen atoms in total. The predicted octanol–water partition coefficient (Wildman–Crippen LogP) is 1.89. The van der Waals surface area contributed by atoms with E-state index in [-0.39, 0.29) is 16.9 Å². The lowest BCUT2D eigenvalue weighted by Gasteiger charge is -2.21. The largest absolute Gasteiger partial charge is 0.377 e. The third kappa shape index (κ3) is 4.97. The van der Waals surface area contributed by atoms with Gasteiger partial charge in [0.25, 0.3) is 10.0 Å². The summed E-state index contributed by atoms with van der Waals surface area (Å²) in [5.41, 5.74) is 0.941. The number of ether oxygens (including phenoxy) is 1. The highest BCUT2D eigenvalue weighted by atomic mass is 32.2. The topological polar surface area (TPSA) is 84.4 Å². The van der Waals surface area contributed by atoms with Crippen molar-refractivity contribution in [3.05, 3.63) is 48.3 Å². The van der Waals surface area contributed by atoms with Crippen molar-refractivity contribution in [1.29, 1.82) is 0 Å². The molecule has 0 bridgehead atoms. The lowest BCUT2D eigenvalue weighted by molar-refractivity contribution is 0.0668. The van der Waals surface area contributed by atoms with Crippen molar-refractivity contribution in [1.82, 2.24) is 14.9 Å². The van der Waals surface area contributed by atoms with Gasteiger partial charge < -0.3 is 4.74 Å². The molecule has 0 saturated carbocycles. The third-order valence-electron chi connectivity index (χ3n) is 3.93. The molecule has 25 heavy (non-hydrogen) atoms. The molecule has 0 amide bonds. The van der Waals surface area contributed by atoms with Crippen LogP contribution in [0.25, 0.3) is 0 Å². The summed E-state index contributed by atoms with van der Waals surface area (Å²) in [5.74, 6) is 0.0696. The fourth-order valence-electron chi connectivity index (χ4n) is 2.75. The van der Waals surface area contributed by atoms with Crippen molar-refractivity contribution in [2.24, 2.45) is 0 Å². The van der Waals surface area contributed by atoms with Gasteiger partial charge in [-0.1, -0.05) is 18.2 Å². The molecule has 1 aliphatic rings. The van der Waals surface area contributed by atoms with Gasteiger partial charge in [-0.15, -0.1) is 0 Å². The van der Waals surface area contributed by atoms with Gasteiger partial charge in [0.05, 0.1) is 11.0 Å². The van der Waals surface area contributed by atoms with Crippen LogP contribution in [0.3, 0.4) is 0 Å². The molecule has 0 aliphatic carbocycles. The number of nitrogens with zero attached hydrogens (tertiary/aromatic N) is 3. The van der Waals surface area contributed by atoms with E-state index in [1.807, 2.05) is 0 Å². The zero-order chi connectivity index (χ0) is 17.7. The van der Waals surface area contributed by atoms with Crippen LogP contribution in [-0.2, 0) is 21.3 Å². The van der Waals surface area contributed by atoms with Crippen LogP contribution in [-0.4, -0.2) is 49.1 Å². The van der Waals surface area contributed by atoms with Crippen LogP contribution >= 0.6 is 0 Å². The molecule has 1 aromatic carbocycles. The molecular weight excluding hydrogens is 340 g/mol. The molecule has 1 aliphatic heterocycles. The minimum absolute atomic E-state index is 0.0696. The Hall–Kier alpha value is -2.03. The lowest BCUT2D eigenvalue weighted by Crippen LogP contribution is -2.29. The summed E-state index contributed by atoms with van der Waals surface area (Å²) in [4.78, 5) is 10.8. The van der Waals surface area contributed by atoms with Crippen molar-refractivity contribution in [3.63, 3.8) is 0 Å². The van der Waals surface area contributed by atoms with E-state index < -0.39 is 10.0 Å².